The Morgan fingerprint density at radius 3 is 1.91 bits per heavy atom. The molecule has 0 unspecified atom stereocenters. The van der Waals surface area contributed by atoms with Crippen LogP contribution < -0.4 is 0 Å². The maximum Gasteiger partial charge on any atom is 0.422 e. The van der Waals surface area contributed by atoms with Gasteiger partial charge < -0.3 is 0 Å². The van der Waals surface area contributed by atoms with Crippen molar-refractivity contribution in [3.63, 3.8) is 0 Å². The number of alkyl halides is 3. The third-order valence-corrected chi connectivity index (χ3v) is 4.98. The second-order valence-electron chi connectivity index (χ2n) is 7.41. The van der Waals surface area contributed by atoms with E-state index in [0.717, 1.165) is 31.2 Å². The first-order chi connectivity index (χ1) is 15.2. The largest absolute Gasteiger partial charge is 0.422 e. The van der Waals surface area contributed by atoms with Gasteiger partial charge in [0.2, 0.25) is 0 Å². The van der Waals surface area contributed by atoms with Crippen LogP contribution in [0.15, 0.2) is 54.6 Å². The van der Waals surface area contributed by atoms with Gasteiger partial charge in [-0.1, -0.05) is 55.9 Å². The molecule has 0 radical (unpaired) electrons. The van der Waals surface area contributed by atoms with Crippen LogP contribution in [-0.2, 0) is 12.6 Å². The van der Waals surface area contributed by atoms with E-state index < -0.39 is 23.4 Å². The highest BCUT2D eigenvalue weighted by Gasteiger charge is 2.37. The molecule has 0 amide bonds. The van der Waals surface area contributed by atoms with Crippen molar-refractivity contribution in [1.29, 1.82) is 0 Å². The monoisotopic (exact) mass is 446 g/mol. The van der Waals surface area contributed by atoms with E-state index in [1.54, 1.807) is 30.3 Å². The van der Waals surface area contributed by atoms with E-state index in [9.17, 15) is 26.3 Å². The normalized spacial score (nSPS) is 11.2. The van der Waals surface area contributed by atoms with Crippen LogP contribution in [0.2, 0.25) is 0 Å². The first-order valence-electron chi connectivity index (χ1n) is 10.2. The molecule has 0 aromatic heterocycles. The van der Waals surface area contributed by atoms with Crippen molar-refractivity contribution in [2.75, 3.05) is 0 Å². The maximum atomic E-state index is 14.5. The zero-order valence-electron chi connectivity index (χ0n) is 17.3. The number of unbranched alkanes of at least 4 members (excludes halogenated alkanes) is 2. The molecule has 3 rings (SSSR count). The molecule has 32 heavy (non-hydrogen) atoms. The van der Waals surface area contributed by atoms with Crippen LogP contribution in [0.5, 0.6) is 0 Å². The van der Waals surface area contributed by atoms with Crippen LogP contribution in [0.1, 0.15) is 48.4 Å². The van der Waals surface area contributed by atoms with E-state index in [2.05, 4.69) is 18.8 Å². The predicted molar refractivity (Wildman–Crippen MR) is 112 cm³/mol. The van der Waals surface area contributed by atoms with Gasteiger partial charge in [-0.05, 0) is 54.3 Å². The van der Waals surface area contributed by atoms with E-state index in [0.29, 0.717) is 28.8 Å². The molecule has 6 heteroatoms. The fourth-order valence-electron chi connectivity index (χ4n) is 3.32. The number of halogens is 6. The molecule has 166 valence electrons. The minimum atomic E-state index is -5.13. The summed E-state index contributed by atoms with van der Waals surface area (Å²) in [7, 11) is 0. The minimum Gasteiger partial charge on any atom is -0.206 e. The topological polar surface area (TPSA) is 0 Å². The van der Waals surface area contributed by atoms with Crippen molar-refractivity contribution in [3.8, 4) is 23.0 Å². The summed E-state index contributed by atoms with van der Waals surface area (Å²) in [5.41, 5.74) is 0.326. The quantitative estimate of drug-likeness (QED) is 0.212. The molecule has 0 bridgehead atoms. The van der Waals surface area contributed by atoms with Crippen molar-refractivity contribution >= 4 is 0 Å². The molecular weight excluding hydrogens is 426 g/mol. The molecule has 0 N–H and O–H groups in total. The highest BCUT2D eigenvalue weighted by Crippen LogP contribution is 2.34. The van der Waals surface area contributed by atoms with Crippen LogP contribution in [-0.4, -0.2) is 0 Å². The predicted octanol–water partition coefficient (Wildman–Crippen LogP) is 7.92. The smallest absolute Gasteiger partial charge is 0.206 e. The van der Waals surface area contributed by atoms with Gasteiger partial charge in [0.05, 0.1) is 0 Å². The van der Waals surface area contributed by atoms with Gasteiger partial charge in [-0.2, -0.15) is 13.2 Å². The summed E-state index contributed by atoms with van der Waals surface area (Å²) in [6.45, 7) is 2.11. The second kappa shape index (κ2) is 9.95. The van der Waals surface area contributed by atoms with Crippen molar-refractivity contribution in [2.24, 2.45) is 0 Å². The van der Waals surface area contributed by atoms with Gasteiger partial charge in [0.15, 0.2) is 0 Å². The Hall–Kier alpha value is -3.20. The molecule has 0 saturated heterocycles. The van der Waals surface area contributed by atoms with Gasteiger partial charge in [-0.25, -0.2) is 13.2 Å². The fourth-order valence-corrected chi connectivity index (χ4v) is 3.32. The molecule has 0 aliphatic rings. The Morgan fingerprint density at radius 1 is 0.719 bits per heavy atom. The number of hydrogen-bond acceptors (Lipinski definition) is 0. The summed E-state index contributed by atoms with van der Waals surface area (Å²) >= 11 is 0. The van der Waals surface area contributed by atoms with E-state index in [4.69, 9.17) is 0 Å². The summed E-state index contributed by atoms with van der Waals surface area (Å²) in [5, 5.41) is 0. The highest BCUT2D eigenvalue weighted by molar-refractivity contribution is 5.65. The highest BCUT2D eigenvalue weighted by atomic mass is 19.4. The Bertz CT molecular complexity index is 1120. The molecule has 0 nitrogen and oxygen atoms in total. The molecule has 0 aliphatic carbocycles. The summed E-state index contributed by atoms with van der Waals surface area (Å²) in [4.78, 5) is 0. The molecule has 0 heterocycles. The molecule has 3 aromatic carbocycles. The van der Waals surface area contributed by atoms with Crippen LogP contribution in [0.3, 0.4) is 0 Å². The van der Waals surface area contributed by atoms with E-state index in [1.807, 2.05) is 6.07 Å². The molecular formula is C26H20F6. The van der Waals surface area contributed by atoms with E-state index in [1.165, 1.54) is 6.07 Å². The Labute approximate surface area is 182 Å². The van der Waals surface area contributed by atoms with Crippen molar-refractivity contribution in [2.45, 2.75) is 38.8 Å². The molecule has 0 spiro atoms. The number of benzene rings is 3. The second-order valence-corrected chi connectivity index (χ2v) is 7.41. The SMILES string of the molecule is CCCCCc1ccc(-c2ccc(C#Cc3cc(F)c(C(F)(F)F)c(F)c3)cc2)c(F)c1. The van der Waals surface area contributed by atoms with Gasteiger partial charge in [-0.15, -0.1) is 0 Å². The van der Waals surface area contributed by atoms with Crippen LogP contribution >= 0.6 is 0 Å². The van der Waals surface area contributed by atoms with Crippen molar-refractivity contribution < 1.29 is 26.3 Å². The third-order valence-electron chi connectivity index (χ3n) is 4.98. The summed E-state index contributed by atoms with van der Waals surface area (Å²) in [6.07, 6.45) is -1.10. The number of hydrogen-bond donors (Lipinski definition) is 0. The summed E-state index contributed by atoms with van der Waals surface area (Å²) in [6, 6.07) is 12.8. The van der Waals surface area contributed by atoms with Gasteiger partial charge >= 0.3 is 6.18 Å². The minimum absolute atomic E-state index is 0.221. The van der Waals surface area contributed by atoms with Gasteiger partial charge in [-0.3, -0.25) is 0 Å². The van der Waals surface area contributed by atoms with Crippen molar-refractivity contribution in [3.05, 3.63) is 94.3 Å². The zero-order valence-corrected chi connectivity index (χ0v) is 17.3. The van der Waals surface area contributed by atoms with Gasteiger partial charge in [0.1, 0.15) is 23.0 Å². The lowest BCUT2D eigenvalue weighted by Crippen LogP contribution is -2.11. The van der Waals surface area contributed by atoms with Crippen LogP contribution in [0.25, 0.3) is 11.1 Å². The van der Waals surface area contributed by atoms with Gasteiger partial charge in [0.25, 0.3) is 0 Å². The standard InChI is InChI=1S/C26H20F6/c1-2-3-4-5-18-10-13-21(22(27)14-18)20-11-8-17(9-12-20)6-7-19-15-23(28)25(24(29)16-19)26(30,31)32/h8-16H,2-5H2,1H3. The summed E-state index contributed by atoms with van der Waals surface area (Å²) < 4.78 is 79.8. The number of aryl methyl sites for hydroxylation is 1. The average Bonchev–Trinajstić information content (AvgIpc) is 2.71. The van der Waals surface area contributed by atoms with Crippen molar-refractivity contribution in [1.82, 2.24) is 0 Å². The Balaban J connectivity index is 1.77. The molecule has 0 aliphatic heterocycles. The van der Waals surface area contributed by atoms with Crippen LogP contribution in [0.4, 0.5) is 26.3 Å². The lowest BCUT2D eigenvalue weighted by Gasteiger charge is -2.09. The van der Waals surface area contributed by atoms with E-state index in [-0.39, 0.29) is 11.4 Å². The zero-order chi connectivity index (χ0) is 23.3. The first kappa shape index (κ1) is 23.5. The molecule has 0 atom stereocenters. The molecule has 3 aromatic rings. The van der Waals surface area contributed by atoms with Gasteiger partial charge in [0, 0.05) is 16.7 Å². The Morgan fingerprint density at radius 2 is 1.34 bits per heavy atom. The van der Waals surface area contributed by atoms with Crippen LogP contribution in [0, 0.1) is 29.3 Å². The first-order valence-corrected chi connectivity index (χ1v) is 10.2. The lowest BCUT2D eigenvalue weighted by molar-refractivity contribution is -0.142. The summed E-state index contributed by atoms with van der Waals surface area (Å²) in [5.74, 6) is 1.34. The lowest BCUT2D eigenvalue weighted by atomic mass is 9.99. The fraction of sp³-hybridized carbons (Fsp3) is 0.231. The van der Waals surface area contributed by atoms with E-state index >= 15 is 0 Å². The molecule has 0 fully saturated rings. The third kappa shape index (κ3) is 5.73. The average molecular weight is 446 g/mol. The Kier molecular flexibility index (Phi) is 7.29. The maximum absolute atomic E-state index is 14.5. The molecule has 0 saturated carbocycles. The number of rotatable bonds is 5.